The quantitative estimate of drug-likeness (QED) is 0.646. The first-order valence-electron chi connectivity index (χ1n) is 6.13. The minimum atomic E-state index is -1.02. The van der Waals surface area contributed by atoms with Crippen molar-refractivity contribution in [2.45, 2.75) is 20.4 Å². The molecule has 1 aromatic heterocycles. The van der Waals surface area contributed by atoms with Gasteiger partial charge in [0.15, 0.2) is 0 Å². The average molecular weight is 268 g/mol. The summed E-state index contributed by atoms with van der Waals surface area (Å²) in [4.78, 5) is 22.4. The van der Waals surface area contributed by atoms with E-state index in [4.69, 9.17) is 5.11 Å². The van der Waals surface area contributed by atoms with Crippen LogP contribution in [0.3, 0.4) is 0 Å². The monoisotopic (exact) mass is 268 g/mol. The fourth-order valence-electron chi connectivity index (χ4n) is 1.53. The van der Waals surface area contributed by atoms with Crippen LogP contribution in [0.4, 0.5) is 0 Å². The molecule has 0 aliphatic rings. The van der Waals surface area contributed by atoms with Crippen LogP contribution in [-0.4, -0.2) is 39.9 Å². The van der Waals surface area contributed by atoms with E-state index in [1.165, 1.54) is 10.9 Å². The summed E-state index contributed by atoms with van der Waals surface area (Å²) in [5, 5.41) is 18.5. The Hall–Kier alpha value is -1.89. The summed E-state index contributed by atoms with van der Waals surface area (Å²) in [5.74, 6) is -0.721. The Morgan fingerprint density at radius 1 is 1.47 bits per heavy atom. The van der Waals surface area contributed by atoms with Gasteiger partial charge < -0.3 is 15.7 Å². The smallest absolute Gasteiger partial charge is 0.339 e. The third-order valence-corrected chi connectivity index (χ3v) is 2.58. The zero-order chi connectivity index (χ0) is 14.4. The van der Waals surface area contributed by atoms with Crippen molar-refractivity contribution in [3.05, 3.63) is 17.5 Å². The van der Waals surface area contributed by atoms with E-state index in [2.05, 4.69) is 15.7 Å². The Morgan fingerprint density at radius 3 is 2.74 bits per heavy atom. The van der Waals surface area contributed by atoms with E-state index >= 15 is 0 Å². The van der Waals surface area contributed by atoms with Crippen molar-refractivity contribution < 1.29 is 14.7 Å². The number of carboxylic acids is 1. The third-order valence-electron chi connectivity index (χ3n) is 2.58. The van der Waals surface area contributed by atoms with Crippen LogP contribution in [0.15, 0.2) is 6.20 Å². The summed E-state index contributed by atoms with van der Waals surface area (Å²) in [6.07, 6.45) is 1.30. The molecule has 7 heteroatoms. The predicted molar refractivity (Wildman–Crippen MR) is 69.7 cm³/mol. The highest BCUT2D eigenvalue weighted by Crippen LogP contribution is 2.06. The van der Waals surface area contributed by atoms with Gasteiger partial charge in [0.1, 0.15) is 5.56 Å². The molecule has 7 nitrogen and oxygen atoms in total. The van der Waals surface area contributed by atoms with Crippen LogP contribution in [0.1, 0.15) is 29.9 Å². The number of carbonyl (C=O) groups excluding carboxylic acids is 1. The zero-order valence-electron chi connectivity index (χ0n) is 11.4. The third kappa shape index (κ3) is 4.70. The highest BCUT2D eigenvalue weighted by Gasteiger charge is 2.14. The fourth-order valence-corrected chi connectivity index (χ4v) is 1.53. The molecular formula is C12H20N4O3. The van der Waals surface area contributed by atoms with E-state index in [0.29, 0.717) is 18.2 Å². The van der Waals surface area contributed by atoms with E-state index in [1.807, 2.05) is 13.8 Å². The van der Waals surface area contributed by atoms with Gasteiger partial charge in [-0.3, -0.25) is 9.48 Å². The molecule has 1 aromatic rings. The lowest BCUT2D eigenvalue weighted by Crippen LogP contribution is -2.36. The maximum Gasteiger partial charge on any atom is 0.339 e. The SMILES string of the molecule is CC(C)CNC(=O)CNCc1c(C(=O)O)cnn1C. The second kappa shape index (κ2) is 6.89. The minimum Gasteiger partial charge on any atom is -0.478 e. The molecule has 0 aromatic carbocycles. The van der Waals surface area contributed by atoms with Crippen LogP contribution in [0.5, 0.6) is 0 Å². The second-order valence-electron chi connectivity index (χ2n) is 4.74. The van der Waals surface area contributed by atoms with Gasteiger partial charge in [0, 0.05) is 20.1 Å². The first-order valence-corrected chi connectivity index (χ1v) is 6.13. The molecule has 106 valence electrons. The summed E-state index contributed by atoms with van der Waals surface area (Å²) in [6.45, 7) is 5.10. The minimum absolute atomic E-state index is 0.104. The molecule has 19 heavy (non-hydrogen) atoms. The first kappa shape index (κ1) is 15.2. The van der Waals surface area contributed by atoms with Crippen molar-refractivity contribution in [2.75, 3.05) is 13.1 Å². The molecule has 1 heterocycles. The van der Waals surface area contributed by atoms with E-state index < -0.39 is 5.97 Å². The number of aromatic nitrogens is 2. The molecule has 0 bridgehead atoms. The highest BCUT2D eigenvalue weighted by atomic mass is 16.4. The lowest BCUT2D eigenvalue weighted by Gasteiger charge is -2.09. The topological polar surface area (TPSA) is 96.2 Å². The van der Waals surface area contributed by atoms with Crippen molar-refractivity contribution in [2.24, 2.45) is 13.0 Å². The van der Waals surface area contributed by atoms with Crippen molar-refractivity contribution in [3.8, 4) is 0 Å². The molecule has 0 unspecified atom stereocenters. The van der Waals surface area contributed by atoms with E-state index in [1.54, 1.807) is 7.05 Å². The Labute approximate surface area is 112 Å². The number of aryl methyl sites for hydroxylation is 1. The van der Waals surface area contributed by atoms with E-state index in [9.17, 15) is 9.59 Å². The number of hydrogen-bond acceptors (Lipinski definition) is 4. The molecule has 0 atom stereocenters. The van der Waals surface area contributed by atoms with Gasteiger partial charge in [-0.15, -0.1) is 0 Å². The van der Waals surface area contributed by atoms with E-state index in [-0.39, 0.29) is 24.6 Å². The van der Waals surface area contributed by atoms with Gasteiger partial charge in [0.05, 0.1) is 18.4 Å². The maximum absolute atomic E-state index is 11.5. The number of carboxylic acid groups (broad SMARTS) is 1. The van der Waals surface area contributed by atoms with Gasteiger partial charge in [-0.1, -0.05) is 13.8 Å². The maximum atomic E-state index is 11.5. The largest absolute Gasteiger partial charge is 0.478 e. The summed E-state index contributed by atoms with van der Waals surface area (Å²) >= 11 is 0. The van der Waals surface area contributed by atoms with Crippen LogP contribution in [0, 0.1) is 5.92 Å². The molecule has 3 N–H and O–H groups in total. The lowest BCUT2D eigenvalue weighted by atomic mass is 10.2. The Bertz CT molecular complexity index is 454. The van der Waals surface area contributed by atoms with Crippen LogP contribution >= 0.6 is 0 Å². The van der Waals surface area contributed by atoms with Crippen molar-refractivity contribution in [1.82, 2.24) is 20.4 Å². The highest BCUT2D eigenvalue weighted by molar-refractivity contribution is 5.88. The molecule has 0 saturated heterocycles. The standard InChI is InChI=1S/C12H20N4O3/c1-8(2)4-14-11(17)7-13-6-10-9(12(18)19)5-15-16(10)3/h5,8,13H,4,6-7H2,1-3H3,(H,14,17)(H,18,19). The van der Waals surface area contributed by atoms with Crippen molar-refractivity contribution in [3.63, 3.8) is 0 Å². The Balaban J connectivity index is 2.43. The Morgan fingerprint density at radius 2 is 2.16 bits per heavy atom. The molecule has 1 rings (SSSR count). The number of nitrogens with zero attached hydrogens (tertiary/aromatic N) is 2. The summed E-state index contributed by atoms with van der Waals surface area (Å²) in [5.41, 5.74) is 0.696. The van der Waals surface area contributed by atoms with Crippen LogP contribution < -0.4 is 10.6 Å². The fraction of sp³-hybridized carbons (Fsp3) is 0.583. The van der Waals surface area contributed by atoms with E-state index in [0.717, 1.165) is 0 Å². The Kier molecular flexibility index (Phi) is 5.50. The molecule has 0 radical (unpaired) electrons. The lowest BCUT2D eigenvalue weighted by molar-refractivity contribution is -0.120. The number of carbonyl (C=O) groups is 2. The number of hydrogen-bond donors (Lipinski definition) is 3. The zero-order valence-corrected chi connectivity index (χ0v) is 11.4. The molecule has 0 spiro atoms. The molecule has 0 saturated carbocycles. The van der Waals surface area contributed by atoms with Crippen molar-refractivity contribution in [1.29, 1.82) is 0 Å². The summed E-state index contributed by atoms with van der Waals surface area (Å²) in [6, 6.07) is 0. The number of rotatable bonds is 7. The molecule has 0 fully saturated rings. The van der Waals surface area contributed by atoms with Gasteiger partial charge in [0.25, 0.3) is 0 Å². The summed E-state index contributed by atoms with van der Waals surface area (Å²) in [7, 11) is 1.67. The van der Waals surface area contributed by atoms with Crippen molar-refractivity contribution >= 4 is 11.9 Å². The van der Waals surface area contributed by atoms with Crippen LogP contribution in [0.2, 0.25) is 0 Å². The van der Waals surface area contributed by atoms with Gasteiger partial charge in [-0.05, 0) is 5.92 Å². The molecule has 1 amide bonds. The van der Waals surface area contributed by atoms with Gasteiger partial charge in [0.2, 0.25) is 5.91 Å². The number of nitrogens with one attached hydrogen (secondary N) is 2. The molecule has 0 aliphatic heterocycles. The summed E-state index contributed by atoms with van der Waals surface area (Å²) < 4.78 is 1.49. The molecule has 0 aliphatic carbocycles. The van der Waals surface area contributed by atoms with Gasteiger partial charge in [-0.2, -0.15) is 5.10 Å². The second-order valence-corrected chi connectivity index (χ2v) is 4.74. The normalized spacial score (nSPS) is 10.7. The number of amides is 1. The average Bonchev–Trinajstić information content (AvgIpc) is 2.68. The molecular weight excluding hydrogens is 248 g/mol. The van der Waals surface area contributed by atoms with Crippen LogP contribution in [0.25, 0.3) is 0 Å². The van der Waals surface area contributed by atoms with Gasteiger partial charge >= 0.3 is 5.97 Å². The predicted octanol–water partition coefficient (Wildman–Crippen LogP) is -0.0199. The first-order chi connectivity index (χ1) is 8.91. The van der Waals surface area contributed by atoms with Gasteiger partial charge in [-0.25, -0.2) is 4.79 Å². The number of aromatic carboxylic acids is 1. The van der Waals surface area contributed by atoms with Crippen LogP contribution in [-0.2, 0) is 18.4 Å².